The van der Waals surface area contributed by atoms with Crippen molar-refractivity contribution in [3.8, 4) is 16.9 Å². The molecular weight excluding hydrogens is 403 g/mol. The molecule has 0 fully saturated rings. The number of pyridine rings is 1. The molecule has 2 heterocycles. The Hall–Kier alpha value is -2.05. The fourth-order valence-corrected chi connectivity index (χ4v) is 4.33. The van der Waals surface area contributed by atoms with Gasteiger partial charge in [0.05, 0.1) is 10.5 Å². The van der Waals surface area contributed by atoms with E-state index >= 15 is 0 Å². The van der Waals surface area contributed by atoms with Gasteiger partial charge in [-0.25, -0.2) is 0 Å². The number of hydrogen-bond acceptors (Lipinski definition) is 4. The molecule has 7 heteroatoms. The summed E-state index contributed by atoms with van der Waals surface area (Å²) >= 11 is 7.68. The summed E-state index contributed by atoms with van der Waals surface area (Å²) in [4.78, 5) is 15.2. The molecule has 2 aromatic heterocycles. The van der Waals surface area contributed by atoms with Crippen LogP contribution in [0.5, 0.6) is 5.75 Å². The molecule has 0 aliphatic heterocycles. The maximum absolute atomic E-state index is 12.3. The molecule has 27 heavy (non-hydrogen) atoms. The number of phenols is 1. The van der Waals surface area contributed by atoms with E-state index in [1.54, 1.807) is 0 Å². The van der Waals surface area contributed by atoms with Gasteiger partial charge in [-0.15, -0.1) is 23.7 Å². The molecule has 0 bridgehead atoms. The highest BCUT2D eigenvalue weighted by Gasteiger charge is 2.18. The van der Waals surface area contributed by atoms with Gasteiger partial charge in [0.1, 0.15) is 10.4 Å². The molecule has 0 radical (unpaired) electrons. The van der Waals surface area contributed by atoms with Crippen molar-refractivity contribution in [2.24, 2.45) is 5.73 Å². The fourth-order valence-electron chi connectivity index (χ4n) is 3.29. The maximum atomic E-state index is 12.3. The monoisotopic (exact) mass is 420 g/mol. The summed E-state index contributed by atoms with van der Waals surface area (Å²) in [5.41, 5.74) is 8.77. The van der Waals surface area contributed by atoms with Gasteiger partial charge in [-0.2, -0.15) is 0 Å². The highest BCUT2D eigenvalue weighted by Crippen LogP contribution is 2.42. The van der Waals surface area contributed by atoms with E-state index in [1.165, 1.54) is 17.4 Å². The van der Waals surface area contributed by atoms with Gasteiger partial charge >= 0.3 is 0 Å². The lowest BCUT2D eigenvalue weighted by atomic mass is 9.94. The minimum atomic E-state index is -0.173. The Kier molecular flexibility index (Phi) is 5.49. The van der Waals surface area contributed by atoms with Crippen molar-refractivity contribution in [3.05, 3.63) is 62.7 Å². The molecule has 0 amide bonds. The van der Waals surface area contributed by atoms with Crippen LogP contribution in [0.2, 0.25) is 5.02 Å². The molecule has 4 aromatic rings. The summed E-state index contributed by atoms with van der Waals surface area (Å²) in [7, 11) is 0. The van der Waals surface area contributed by atoms with E-state index in [0.29, 0.717) is 27.3 Å². The third kappa shape index (κ3) is 3.21. The first-order valence-electron chi connectivity index (χ1n) is 8.26. The van der Waals surface area contributed by atoms with Gasteiger partial charge < -0.3 is 15.8 Å². The summed E-state index contributed by atoms with van der Waals surface area (Å²) in [6, 6.07) is 11.3. The first-order valence-corrected chi connectivity index (χ1v) is 9.52. The zero-order valence-electron chi connectivity index (χ0n) is 14.5. The van der Waals surface area contributed by atoms with Gasteiger partial charge in [-0.1, -0.05) is 42.8 Å². The first kappa shape index (κ1) is 19.7. The Morgan fingerprint density at radius 3 is 2.63 bits per heavy atom. The molecule has 0 saturated carbocycles. The van der Waals surface area contributed by atoms with E-state index < -0.39 is 0 Å². The number of fused-ring (bicyclic) bond motifs is 3. The number of hydrogen-bond donors (Lipinski definition) is 3. The van der Waals surface area contributed by atoms with Crippen LogP contribution < -0.4 is 11.3 Å². The van der Waals surface area contributed by atoms with Crippen LogP contribution in [0.3, 0.4) is 0 Å². The molecular formula is C20H18Cl2N2O2S. The molecule has 4 nitrogen and oxygen atoms in total. The number of H-pyrrole nitrogens is 1. The van der Waals surface area contributed by atoms with Gasteiger partial charge in [0, 0.05) is 22.4 Å². The quantitative estimate of drug-likeness (QED) is 0.423. The molecule has 140 valence electrons. The van der Waals surface area contributed by atoms with Crippen molar-refractivity contribution in [3.63, 3.8) is 0 Å². The summed E-state index contributed by atoms with van der Waals surface area (Å²) in [6.45, 7) is 2.65. The fraction of sp³-hybridized carbons (Fsp3) is 0.150. The van der Waals surface area contributed by atoms with E-state index in [9.17, 15) is 9.90 Å². The second-order valence-corrected chi connectivity index (χ2v) is 7.70. The van der Waals surface area contributed by atoms with E-state index in [1.807, 2.05) is 35.7 Å². The van der Waals surface area contributed by atoms with E-state index in [4.69, 9.17) is 17.3 Å². The summed E-state index contributed by atoms with van der Waals surface area (Å²) in [6.07, 6.45) is 0. The van der Waals surface area contributed by atoms with Crippen molar-refractivity contribution < 1.29 is 5.11 Å². The van der Waals surface area contributed by atoms with Crippen molar-refractivity contribution in [2.45, 2.75) is 12.8 Å². The summed E-state index contributed by atoms with van der Waals surface area (Å²) in [5, 5.41) is 14.4. The standard InChI is InChI=1S/C20H17ClN2O2S.ClH/c1-10(9-22)11-2-4-12(5-3-11)16-15(24)8-14(21)18-17(16)13-6-7-26-19(13)20(25)23-18;/h2-8,10,24H,9,22H2,1H3,(H,23,25);1H. The number of halogens is 2. The van der Waals surface area contributed by atoms with E-state index in [-0.39, 0.29) is 29.6 Å². The van der Waals surface area contributed by atoms with E-state index in [0.717, 1.165) is 21.9 Å². The number of nitrogens with one attached hydrogen (secondary N) is 1. The lowest BCUT2D eigenvalue weighted by molar-refractivity contribution is 0.478. The largest absolute Gasteiger partial charge is 0.507 e. The average Bonchev–Trinajstić information content (AvgIpc) is 3.13. The van der Waals surface area contributed by atoms with Crippen molar-refractivity contribution in [2.75, 3.05) is 6.54 Å². The number of aromatic amines is 1. The minimum Gasteiger partial charge on any atom is -0.507 e. The number of aromatic hydroxyl groups is 1. The number of aromatic nitrogens is 1. The highest BCUT2D eigenvalue weighted by molar-refractivity contribution is 7.17. The van der Waals surface area contributed by atoms with Crippen LogP contribution in [0, 0.1) is 0 Å². The third-order valence-electron chi connectivity index (χ3n) is 4.76. The summed E-state index contributed by atoms with van der Waals surface area (Å²) < 4.78 is 0.619. The maximum Gasteiger partial charge on any atom is 0.266 e. The smallest absolute Gasteiger partial charge is 0.266 e. The molecule has 4 N–H and O–H groups in total. The minimum absolute atomic E-state index is 0. The average molecular weight is 421 g/mol. The molecule has 2 aromatic carbocycles. The normalized spacial score (nSPS) is 12.3. The third-order valence-corrected chi connectivity index (χ3v) is 5.97. The SMILES string of the molecule is CC(CN)c1ccc(-c2c(O)cc(Cl)c3[nH]c(=O)c4sccc4c23)cc1.Cl. The first-order chi connectivity index (χ1) is 12.5. The van der Waals surface area contributed by atoms with Crippen LogP contribution in [0.4, 0.5) is 0 Å². The Balaban J connectivity index is 0.00000210. The number of phenolic OH excluding ortho intramolecular Hbond substituents is 1. The predicted molar refractivity (Wildman–Crippen MR) is 117 cm³/mol. The van der Waals surface area contributed by atoms with Crippen molar-refractivity contribution in [1.82, 2.24) is 4.98 Å². The van der Waals surface area contributed by atoms with Gasteiger partial charge in [-0.3, -0.25) is 4.79 Å². The zero-order chi connectivity index (χ0) is 18.4. The zero-order valence-corrected chi connectivity index (χ0v) is 16.8. The Labute approximate surface area is 171 Å². The van der Waals surface area contributed by atoms with Crippen LogP contribution in [-0.2, 0) is 0 Å². The molecule has 1 atom stereocenters. The van der Waals surface area contributed by atoms with Crippen LogP contribution in [0.15, 0.2) is 46.6 Å². The van der Waals surface area contributed by atoms with Crippen LogP contribution >= 0.6 is 35.3 Å². The van der Waals surface area contributed by atoms with Gasteiger partial charge in [0.2, 0.25) is 0 Å². The number of benzene rings is 2. The molecule has 1 unspecified atom stereocenters. The Morgan fingerprint density at radius 2 is 1.96 bits per heavy atom. The molecule has 0 aliphatic rings. The lowest BCUT2D eigenvalue weighted by Gasteiger charge is -2.14. The highest BCUT2D eigenvalue weighted by atomic mass is 35.5. The van der Waals surface area contributed by atoms with Crippen LogP contribution in [0.25, 0.3) is 32.1 Å². The van der Waals surface area contributed by atoms with Crippen molar-refractivity contribution in [1.29, 1.82) is 0 Å². The molecule has 0 spiro atoms. The second kappa shape index (κ2) is 7.52. The van der Waals surface area contributed by atoms with Crippen LogP contribution in [-0.4, -0.2) is 16.6 Å². The van der Waals surface area contributed by atoms with Crippen molar-refractivity contribution >= 4 is 56.3 Å². The van der Waals surface area contributed by atoms with Gasteiger partial charge in [-0.05, 0) is 35.0 Å². The summed E-state index contributed by atoms with van der Waals surface area (Å²) in [5.74, 6) is 0.348. The number of thiophene rings is 1. The van der Waals surface area contributed by atoms with Crippen LogP contribution in [0.1, 0.15) is 18.4 Å². The number of rotatable bonds is 3. The lowest BCUT2D eigenvalue weighted by Crippen LogP contribution is -2.08. The predicted octanol–water partition coefficient (Wildman–Crippen LogP) is 5.25. The molecule has 4 rings (SSSR count). The topological polar surface area (TPSA) is 79.1 Å². The van der Waals surface area contributed by atoms with Gasteiger partial charge in [0.15, 0.2) is 0 Å². The second-order valence-electron chi connectivity index (χ2n) is 6.38. The van der Waals surface area contributed by atoms with Gasteiger partial charge in [0.25, 0.3) is 5.56 Å². The Bertz CT molecular complexity index is 1180. The Morgan fingerprint density at radius 1 is 1.26 bits per heavy atom. The molecule has 0 saturated heterocycles. The number of nitrogens with two attached hydrogens (primary N) is 1. The van der Waals surface area contributed by atoms with E-state index in [2.05, 4.69) is 11.9 Å². The molecule has 0 aliphatic carbocycles.